The number of hydrogen-bond donors (Lipinski definition) is 2. The number of aliphatic imine (C=N–C) groups is 1. The van der Waals surface area contributed by atoms with Crippen LogP contribution in [0.15, 0.2) is 72.1 Å². The van der Waals surface area contributed by atoms with Crippen LogP contribution in [0.2, 0.25) is 0 Å². The van der Waals surface area contributed by atoms with E-state index in [1.54, 1.807) is 6.20 Å². The fraction of sp³-hybridized carbons (Fsp3) is 0.211. The lowest BCUT2D eigenvalue weighted by Gasteiger charge is -2.10. The summed E-state index contributed by atoms with van der Waals surface area (Å²) in [6, 6.07) is 15.9. The van der Waals surface area contributed by atoms with Gasteiger partial charge in [-0.3, -0.25) is 4.98 Å². The molecule has 0 atom stereocenters. The number of para-hydroxylation sites is 1. The first kappa shape index (κ1) is 19.9. The van der Waals surface area contributed by atoms with Crippen LogP contribution in [0.1, 0.15) is 18.2 Å². The monoisotopic (exact) mass is 462 g/mol. The van der Waals surface area contributed by atoms with Gasteiger partial charge in [0.25, 0.3) is 0 Å². The van der Waals surface area contributed by atoms with Crippen LogP contribution in [-0.2, 0) is 13.1 Å². The molecule has 0 unspecified atom stereocenters. The van der Waals surface area contributed by atoms with Crippen LogP contribution in [-0.4, -0.2) is 27.3 Å². The molecule has 26 heavy (non-hydrogen) atoms. The van der Waals surface area contributed by atoms with Crippen LogP contribution < -0.4 is 10.6 Å². The minimum atomic E-state index is 0. The van der Waals surface area contributed by atoms with Crippen molar-refractivity contribution in [2.45, 2.75) is 20.0 Å². The zero-order valence-corrected chi connectivity index (χ0v) is 17.0. The van der Waals surface area contributed by atoms with Gasteiger partial charge in [0.2, 0.25) is 0 Å². The molecule has 0 aliphatic carbocycles. The maximum atomic E-state index is 4.62. The Kier molecular flexibility index (Phi) is 8.07. The average molecular weight is 462 g/mol. The first-order valence-electron chi connectivity index (χ1n) is 8.36. The quantitative estimate of drug-likeness (QED) is 0.336. The highest BCUT2D eigenvalue weighted by Crippen LogP contribution is 2.08. The van der Waals surface area contributed by atoms with Crippen molar-refractivity contribution in [3.8, 4) is 5.69 Å². The summed E-state index contributed by atoms with van der Waals surface area (Å²) < 4.78 is 1.86. The number of guanidine groups is 1. The summed E-state index contributed by atoms with van der Waals surface area (Å²) in [5, 5.41) is 10.9. The Morgan fingerprint density at radius 1 is 1.08 bits per heavy atom. The van der Waals surface area contributed by atoms with E-state index in [-0.39, 0.29) is 24.0 Å². The predicted octanol–water partition coefficient (Wildman–Crippen LogP) is 3.14. The lowest BCUT2D eigenvalue weighted by atomic mass is 10.3. The highest BCUT2D eigenvalue weighted by molar-refractivity contribution is 14.0. The molecule has 0 saturated carbocycles. The van der Waals surface area contributed by atoms with E-state index in [1.165, 1.54) is 0 Å². The number of halogens is 1. The van der Waals surface area contributed by atoms with Crippen molar-refractivity contribution in [2.75, 3.05) is 6.54 Å². The third-order valence-electron chi connectivity index (χ3n) is 3.58. The van der Waals surface area contributed by atoms with Crippen LogP contribution in [0.3, 0.4) is 0 Å². The van der Waals surface area contributed by atoms with Gasteiger partial charge in [0.05, 0.1) is 30.7 Å². The number of hydrogen-bond acceptors (Lipinski definition) is 3. The molecular formula is C19H23IN6. The van der Waals surface area contributed by atoms with E-state index in [4.69, 9.17) is 0 Å². The summed E-state index contributed by atoms with van der Waals surface area (Å²) in [6.45, 7) is 4.04. The van der Waals surface area contributed by atoms with Crippen LogP contribution in [0.25, 0.3) is 5.69 Å². The minimum absolute atomic E-state index is 0. The van der Waals surface area contributed by atoms with Gasteiger partial charge >= 0.3 is 0 Å². The summed E-state index contributed by atoms with van der Waals surface area (Å²) in [7, 11) is 0. The third kappa shape index (κ3) is 5.83. The molecule has 0 fully saturated rings. The average Bonchev–Trinajstić information content (AvgIpc) is 3.15. The SMILES string of the molecule is CCNC(=NCc1cnn(-c2ccccc2)c1)NCc1ccccn1.I. The molecule has 3 aromatic rings. The van der Waals surface area contributed by atoms with Crippen molar-refractivity contribution in [1.82, 2.24) is 25.4 Å². The number of aromatic nitrogens is 3. The topological polar surface area (TPSA) is 67.1 Å². The molecule has 0 aliphatic rings. The van der Waals surface area contributed by atoms with E-state index in [2.05, 4.69) is 25.7 Å². The predicted molar refractivity (Wildman–Crippen MR) is 115 cm³/mol. The van der Waals surface area contributed by atoms with E-state index < -0.39 is 0 Å². The van der Waals surface area contributed by atoms with Gasteiger partial charge in [-0.05, 0) is 31.2 Å². The van der Waals surface area contributed by atoms with Gasteiger partial charge in [-0.25, -0.2) is 9.67 Å². The lowest BCUT2D eigenvalue weighted by Crippen LogP contribution is -2.36. The highest BCUT2D eigenvalue weighted by Gasteiger charge is 2.02. The Balaban J connectivity index is 0.00000243. The molecule has 0 radical (unpaired) electrons. The molecule has 0 bridgehead atoms. The molecule has 1 aromatic carbocycles. The standard InChI is InChI=1S/C19H22N6.HI/c1-2-20-19(23-14-17-8-6-7-11-21-17)22-12-16-13-24-25(15-16)18-9-4-3-5-10-18;/h3-11,13,15H,2,12,14H2,1H3,(H2,20,22,23);1H. The molecule has 3 rings (SSSR count). The summed E-state index contributed by atoms with van der Waals surface area (Å²) >= 11 is 0. The summed E-state index contributed by atoms with van der Waals surface area (Å²) in [6.07, 6.45) is 5.64. The molecule has 0 saturated heterocycles. The first-order chi connectivity index (χ1) is 12.3. The molecule has 7 heteroatoms. The number of benzene rings is 1. The van der Waals surface area contributed by atoms with Crippen LogP contribution in [0.4, 0.5) is 0 Å². The van der Waals surface area contributed by atoms with Crippen molar-refractivity contribution in [2.24, 2.45) is 4.99 Å². The molecule has 0 amide bonds. The second-order valence-corrected chi connectivity index (χ2v) is 5.50. The minimum Gasteiger partial charge on any atom is -0.357 e. The Labute approximate surface area is 170 Å². The molecule has 0 aliphatic heterocycles. The van der Waals surface area contributed by atoms with Crippen molar-refractivity contribution < 1.29 is 0 Å². The van der Waals surface area contributed by atoms with Gasteiger partial charge in [-0.1, -0.05) is 24.3 Å². The molecule has 0 spiro atoms. The fourth-order valence-electron chi connectivity index (χ4n) is 2.35. The zero-order valence-electron chi connectivity index (χ0n) is 14.7. The van der Waals surface area contributed by atoms with Crippen molar-refractivity contribution >= 4 is 29.9 Å². The summed E-state index contributed by atoms with van der Waals surface area (Å²) in [4.78, 5) is 8.93. The summed E-state index contributed by atoms with van der Waals surface area (Å²) in [5.41, 5.74) is 3.07. The third-order valence-corrected chi connectivity index (χ3v) is 3.58. The Hall–Kier alpha value is -2.42. The van der Waals surface area contributed by atoms with Gasteiger partial charge in [0.1, 0.15) is 0 Å². The molecular weight excluding hydrogens is 439 g/mol. The number of nitrogens with zero attached hydrogens (tertiary/aromatic N) is 4. The van der Waals surface area contributed by atoms with Gasteiger partial charge in [-0.2, -0.15) is 5.10 Å². The Morgan fingerprint density at radius 3 is 2.62 bits per heavy atom. The van der Waals surface area contributed by atoms with Gasteiger partial charge in [0.15, 0.2) is 5.96 Å². The molecule has 2 aromatic heterocycles. The smallest absolute Gasteiger partial charge is 0.191 e. The van der Waals surface area contributed by atoms with Crippen molar-refractivity contribution in [1.29, 1.82) is 0 Å². The van der Waals surface area contributed by atoms with E-state index >= 15 is 0 Å². The second kappa shape index (κ2) is 10.5. The van der Waals surface area contributed by atoms with Crippen LogP contribution >= 0.6 is 24.0 Å². The van der Waals surface area contributed by atoms with Crippen molar-refractivity contribution in [3.63, 3.8) is 0 Å². The molecule has 2 heterocycles. The maximum Gasteiger partial charge on any atom is 0.191 e. The van der Waals surface area contributed by atoms with Crippen LogP contribution in [0, 0.1) is 0 Å². The first-order valence-corrected chi connectivity index (χ1v) is 8.36. The van der Waals surface area contributed by atoms with Crippen LogP contribution in [0.5, 0.6) is 0 Å². The van der Waals surface area contributed by atoms with E-state index in [9.17, 15) is 0 Å². The van der Waals surface area contributed by atoms with Gasteiger partial charge in [-0.15, -0.1) is 24.0 Å². The number of nitrogens with one attached hydrogen (secondary N) is 2. The fourth-order valence-corrected chi connectivity index (χ4v) is 2.35. The molecule has 2 N–H and O–H groups in total. The van der Waals surface area contributed by atoms with E-state index in [1.807, 2.05) is 72.5 Å². The Morgan fingerprint density at radius 2 is 1.88 bits per heavy atom. The maximum absolute atomic E-state index is 4.62. The lowest BCUT2D eigenvalue weighted by molar-refractivity contribution is 0.799. The number of pyridine rings is 1. The van der Waals surface area contributed by atoms with Gasteiger partial charge < -0.3 is 10.6 Å². The van der Waals surface area contributed by atoms with E-state index in [0.717, 1.165) is 29.4 Å². The van der Waals surface area contributed by atoms with Crippen molar-refractivity contribution in [3.05, 3.63) is 78.4 Å². The number of rotatable bonds is 6. The molecule has 6 nitrogen and oxygen atoms in total. The highest BCUT2D eigenvalue weighted by atomic mass is 127. The second-order valence-electron chi connectivity index (χ2n) is 5.50. The zero-order chi connectivity index (χ0) is 17.3. The normalized spacial score (nSPS) is 10.9. The largest absolute Gasteiger partial charge is 0.357 e. The van der Waals surface area contributed by atoms with Gasteiger partial charge in [0, 0.05) is 24.5 Å². The van der Waals surface area contributed by atoms with E-state index in [0.29, 0.717) is 13.1 Å². The molecule has 136 valence electrons. The summed E-state index contributed by atoms with van der Waals surface area (Å²) in [5.74, 6) is 0.764. The Bertz CT molecular complexity index is 801.